The lowest BCUT2D eigenvalue weighted by Gasteiger charge is -2.25. The molecule has 0 aliphatic carbocycles. The molecule has 0 bridgehead atoms. The topological polar surface area (TPSA) is 67.4 Å². The molecular weight excluding hydrogens is 304 g/mol. The number of nitrogens with one attached hydrogen (secondary N) is 2. The van der Waals surface area contributed by atoms with Crippen LogP contribution in [0.1, 0.15) is 10.4 Å². The Bertz CT molecular complexity index is 733. The summed E-state index contributed by atoms with van der Waals surface area (Å²) in [5.74, 6) is -0.00745. The van der Waals surface area contributed by atoms with Crippen molar-refractivity contribution >= 4 is 29.1 Å². The number of carbonyl (C=O) groups is 2. The highest BCUT2D eigenvalue weighted by molar-refractivity contribution is 6.30. The highest BCUT2D eigenvalue weighted by Crippen LogP contribution is 2.28. The van der Waals surface area contributed by atoms with Crippen LogP contribution in [-0.4, -0.2) is 24.5 Å². The quantitative estimate of drug-likeness (QED) is 0.914. The number of fused-ring (bicyclic) bond motifs is 1. The number of ether oxygens (including phenoxy) is 1. The Kier molecular flexibility index (Phi) is 3.98. The molecule has 0 radical (unpaired) electrons. The minimum Gasteiger partial charge on any atom is -0.477 e. The fraction of sp³-hybridized carbons (Fsp3) is 0.125. The lowest BCUT2D eigenvalue weighted by Crippen LogP contribution is -2.45. The first kappa shape index (κ1) is 14.4. The number of para-hydroxylation sites is 2. The first-order valence-corrected chi connectivity index (χ1v) is 7.11. The van der Waals surface area contributed by atoms with Crippen molar-refractivity contribution < 1.29 is 14.3 Å². The monoisotopic (exact) mass is 316 g/mol. The van der Waals surface area contributed by atoms with Gasteiger partial charge in [0, 0.05) is 10.6 Å². The second-order valence-electron chi connectivity index (χ2n) is 4.81. The van der Waals surface area contributed by atoms with Crippen LogP contribution in [-0.2, 0) is 4.79 Å². The zero-order chi connectivity index (χ0) is 15.5. The van der Waals surface area contributed by atoms with Gasteiger partial charge in [0.05, 0.1) is 12.2 Å². The molecule has 1 aliphatic rings. The molecule has 0 spiro atoms. The van der Waals surface area contributed by atoms with Gasteiger partial charge in [-0.1, -0.05) is 29.8 Å². The smallest absolute Gasteiger partial charge is 0.267 e. The molecule has 0 fully saturated rings. The first-order chi connectivity index (χ1) is 10.6. The van der Waals surface area contributed by atoms with Crippen molar-refractivity contribution in [2.75, 3.05) is 11.9 Å². The van der Waals surface area contributed by atoms with E-state index in [1.54, 1.807) is 36.4 Å². The first-order valence-electron chi connectivity index (χ1n) is 6.74. The van der Waals surface area contributed by atoms with Gasteiger partial charge in [0.1, 0.15) is 5.75 Å². The highest BCUT2D eigenvalue weighted by Gasteiger charge is 2.27. The molecule has 1 unspecified atom stereocenters. The molecule has 2 amide bonds. The van der Waals surface area contributed by atoms with Gasteiger partial charge >= 0.3 is 0 Å². The zero-order valence-electron chi connectivity index (χ0n) is 11.5. The maximum absolute atomic E-state index is 12.0. The van der Waals surface area contributed by atoms with Gasteiger partial charge < -0.3 is 15.4 Å². The maximum Gasteiger partial charge on any atom is 0.267 e. The van der Waals surface area contributed by atoms with Crippen molar-refractivity contribution in [1.29, 1.82) is 0 Å². The summed E-state index contributed by atoms with van der Waals surface area (Å²) in [6.07, 6.45) is -0.766. The summed E-state index contributed by atoms with van der Waals surface area (Å²) in [4.78, 5) is 24.0. The predicted molar refractivity (Wildman–Crippen MR) is 83.3 cm³/mol. The summed E-state index contributed by atoms with van der Waals surface area (Å²) in [5, 5.41) is 5.90. The van der Waals surface area contributed by atoms with Crippen LogP contribution in [0.5, 0.6) is 5.75 Å². The van der Waals surface area contributed by atoms with E-state index in [0.29, 0.717) is 22.0 Å². The Hall–Kier alpha value is -2.53. The second kappa shape index (κ2) is 6.07. The normalized spacial score (nSPS) is 16.2. The third kappa shape index (κ3) is 3.04. The number of carbonyl (C=O) groups excluding carboxylic acids is 2. The van der Waals surface area contributed by atoms with E-state index >= 15 is 0 Å². The van der Waals surface area contributed by atoms with Crippen molar-refractivity contribution in [2.45, 2.75) is 6.10 Å². The number of hydrogen-bond acceptors (Lipinski definition) is 3. The minimum absolute atomic E-state index is 0.0749. The molecular formula is C16H13ClN2O3. The summed E-state index contributed by atoms with van der Waals surface area (Å²) in [6.45, 7) is 0.0749. The standard InChI is InChI=1S/C16H13ClN2O3/c17-11-5-3-4-10(8-11)15(20)18-9-14-16(21)19-12-6-1-2-7-13(12)22-14/h1-8,14H,9H2,(H,18,20)(H,19,21). The van der Waals surface area contributed by atoms with Gasteiger partial charge in [-0.05, 0) is 30.3 Å². The lowest BCUT2D eigenvalue weighted by atomic mass is 10.2. The molecule has 6 heteroatoms. The highest BCUT2D eigenvalue weighted by atomic mass is 35.5. The Morgan fingerprint density at radius 1 is 1.23 bits per heavy atom. The van der Waals surface area contributed by atoms with E-state index in [-0.39, 0.29) is 18.4 Å². The third-order valence-corrected chi connectivity index (χ3v) is 3.48. The summed E-state index contributed by atoms with van der Waals surface area (Å²) in [6, 6.07) is 13.7. The van der Waals surface area contributed by atoms with Gasteiger partial charge in [0.15, 0.2) is 6.10 Å². The van der Waals surface area contributed by atoms with Gasteiger partial charge in [0.25, 0.3) is 11.8 Å². The fourth-order valence-corrected chi connectivity index (χ4v) is 2.33. The van der Waals surface area contributed by atoms with E-state index in [2.05, 4.69) is 10.6 Å². The summed E-state index contributed by atoms with van der Waals surface area (Å²) in [7, 11) is 0. The number of rotatable bonds is 3. The van der Waals surface area contributed by atoms with Crippen molar-refractivity contribution in [3.05, 3.63) is 59.1 Å². The summed E-state index contributed by atoms with van der Waals surface area (Å²) < 4.78 is 5.60. The van der Waals surface area contributed by atoms with Crippen LogP contribution in [0.2, 0.25) is 5.02 Å². The van der Waals surface area contributed by atoms with Gasteiger partial charge in [-0.15, -0.1) is 0 Å². The zero-order valence-corrected chi connectivity index (χ0v) is 12.3. The van der Waals surface area contributed by atoms with Gasteiger partial charge in [0.2, 0.25) is 0 Å². The molecule has 1 heterocycles. The average Bonchev–Trinajstić information content (AvgIpc) is 2.52. The molecule has 1 aliphatic heterocycles. The molecule has 0 aromatic heterocycles. The average molecular weight is 317 g/mol. The van der Waals surface area contributed by atoms with Crippen LogP contribution < -0.4 is 15.4 Å². The maximum atomic E-state index is 12.0. The van der Waals surface area contributed by atoms with Crippen LogP contribution in [0.4, 0.5) is 5.69 Å². The minimum atomic E-state index is -0.766. The Balaban J connectivity index is 1.65. The van der Waals surface area contributed by atoms with Crippen LogP contribution in [0.3, 0.4) is 0 Å². The Morgan fingerprint density at radius 2 is 2.05 bits per heavy atom. The molecule has 2 aromatic carbocycles. The van der Waals surface area contributed by atoms with E-state index in [1.807, 2.05) is 12.1 Å². The van der Waals surface area contributed by atoms with E-state index in [1.165, 1.54) is 0 Å². The number of benzene rings is 2. The van der Waals surface area contributed by atoms with E-state index in [0.717, 1.165) is 0 Å². The molecule has 0 saturated heterocycles. The fourth-order valence-electron chi connectivity index (χ4n) is 2.14. The number of hydrogen-bond donors (Lipinski definition) is 2. The molecule has 3 rings (SSSR count). The molecule has 0 saturated carbocycles. The summed E-state index contributed by atoms with van der Waals surface area (Å²) >= 11 is 5.85. The number of anilines is 1. The van der Waals surface area contributed by atoms with E-state index < -0.39 is 6.10 Å². The van der Waals surface area contributed by atoms with Gasteiger partial charge in [-0.25, -0.2) is 0 Å². The predicted octanol–water partition coefficient (Wildman–Crippen LogP) is 2.47. The van der Waals surface area contributed by atoms with E-state index in [9.17, 15) is 9.59 Å². The molecule has 5 nitrogen and oxygen atoms in total. The van der Waals surface area contributed by atoms with Gasteiger partial charge in [-0.3, -0.25) is 9.59 Å². The van der Waals surface area contributed by atoms with Crippen molar-refractivity contribution in [2.24, 2.45) is 0 Å². The molecule has 1 atom stereocenters. The van der Waals surface area contributed by atoms with Crippen LogP contribution in [0.25, 0.3) is 0 Å². The van der Waals surface area contributed by atoms with E-state index in [4.69, 9.17) is 16.3 Å². The largest absolute Gasteiger partial charge is 0.477 e. The molecule has 22 heavy (non-hydrogen) atoms. The van der Waals surface area contributed by atoms with Crippen molar-refractivity contribution in [3.63, 3.8) is 0 Å². The third-order valence-electron chi connectivity index (χ3n) is 3.24. The second-order valence-corrected chi connectivity index (χ2v) is 5.25. The molecule has 112 valence electrons. The Morgan fingerprint density at radius 3 is 2.86 bits per heavy atom. The molecule has 2 N–H and O–H groups in total. The van der Waals surface area contributed by atoms with Crippen molar-refractivity contribution in [3.8, 4) is 5.75 Å². The Labute approximate surface area is 132 Å². The number of halogens is 1. The van der Waals surface area contributed by atoms with Crippen LogP contribution in [0.15, 0.2) is 48.5 Å². The van der Waals surface area contributed by atoms with Crippen LogP contribution in [0, 0.1) is 0 Å². The SMILES string of the molecule is O=C(NCC1Oc2ccccc2NC1=O)c1cccc(Cl)c1. The van der Waals surface area contributed by atoms with Crippen molar-refractivity contribution in [1.82, 2.24) is 5.32 Å². The van der Waals surface area contributed by atoms with Crippen LogP contribution >= 0.6 is 11.6 Å². The number of amides is 2. The summed E-state index contributed by atoms with van der Waals surface area (Å²) in [5.41, 5.74) is 1.06. The lowest BCUT2D eigenvalue weighted by molar-refractivity contribution is -0.123. The van der Waals surface area contributed by atoms with Gasteiger partial charge in [-0.2, -0.15) is 0 Å². The molecule has 2 aromatic rings.